The maximum atomic E-state index is 11.0. The van der Waals surface area contributed by atoms with Gasteiger partial charge in [-0.25, -0.2) is 0 Å². The molecule has 0 atom stereocenters. The molecule has 110 valence electrons. The molecule has 22 heavy (non-hydrogen) atoms. The zero-order chi connectivity index (χ0) is 15.5. The smallest absolute Gasteiger partial charge is 0.221 e. The van der Waals surface area contributed by atoms with Gasteiger partial charge >= 0.3 is 0 Å². The number of carbonyl (C=O) groups is 1. The number of thiophene rings is 1. The van der Waals surface area contributed by atoms with E-state index in [1.807, 2.05) is 24.3 Å². The Morgan fingerprint density at radius 3 is 1.82 bits per heavy atom. The lowest BCUT2D eigenvalue weighted by Gasteiger charge is -2.03. The minimum Gasteiger partial charge on any atom is -0.326 e. The Morgan fingerprint density at radius 2 is 1.32 bits per heavy atom. The lowest BCUT2D eigenvalue weighted by molar-refractivity contribution is -0.114. The molecule has 0 aliphatic rings. The van der Waals surface area contributed by atoms with Gasteiger partial charge in [0, 0.05) is 22.4 Å². The molecule has 0 aliphatic heterocycles. The topological polar surface area (TPSA) is 29.1 Å². The van der Waals surface area contributed by atoms with Gasteiger partial charge < -0.3 is 5.32 Å². The van der Waals surface area contributed by atoms with E-state index in [1.165, 1.54) is 27.8 Å². The first-order valence-corrected chi connectivity index (χ1v) is 7.98. The number of rotatable bonds is 3. The molecule has 2 nitrogen and oxygen atoms in total. The van der Waals surface area contributed by atoms with Crippen LogP contribution in [-0.2, 0) is 4.79 Å². The van der Waals surface area contributed by atoms with Crippen LogP contribution in [0.3, 0.4) is 0 Å². The summed E-state index contributed by atoms with van der Waals surface area (Å²) in [6.07, 6.45) is 0. The predicted molar refractivity (Wildman–Crippen MR) is 94.2 cm³/mol. The van der Waals surface area contributed by atoms with Crippen molar-refractivity contribution in [1.82, 2.24) is 0 Å². The summed E-state index contributed by atoms with van der Waals surface area (Å²) in [5, 5.41) is 2.78. The highest BCUT2D eigenvalue weighted by atomic mass is 32.1. The zero-order valence-corrected chi connectivity index (χ0v) is 13.4. The van der Waals surface area contributed by atoms with Crippen molar-refractivity contribution in [3.05, 3.63) is 66.2 Å². The van der Waals surface area contributed by atoms with Crippen molar-refractivity contribution >= 4 is 22.9 Å². The standard InChI is InChI=1S/C19H17NOS/c1-13-3-5-15(6-4-13)18-11-12-19(22-18)16-7-9-17(10-8-16)20-14(2)21/h3-12H,1-2H3,(H,20,21). The molecular formula is C19H17NOS. The maximum Gasteiger partial charge on any atom is 0.221 e. The second-order valence-corrected chi connectivity index (χ2v) is 6.37. The van der Waals surface area contributed by atoms with Crippen molar-refractivity contribution in [2.45, 2.75) is 13.8 Å². The number of hydrogen-bond acceptors (Lipinski definition) is 2. The van der Waals surface area contributed by atoms with Crippen LogP contribution in [0.1, 0.15) is 12.5 Å². The molecule has 0 fully saturated rings. The van der Waals surface area contributed by atoms with Gasteiger partial charge in [-0.05, 0) is 42.3 Å². The van der Waals surface area contributed by atoms with Crippen molar-refractivity contribution in [2.24, 2.45) is 0 Å². The molecule has 1 N–H and O–H groups in total. The molecule has 0 spiro atoms. The van der Waals surface area contributed by atoms with E-state index in [9.17, 15) is 4.79 Å². The van der Waals surface area contributed by atoms with Crippen LogP contribution in [-0.4, -0.2) is 5.91 Å². The minimum absolute atomic E-state index is 0.0504. The molecule has 0 unspecified atom stereocenters. The Morgan fingerprint density at radius 1 is 0.818 bits per heavy atom. The van der Waals surface area contributed by atoms with E-state index in [0.29, 0.717) is 0 Å². The summed E-state index contributed by atoms with van der Waals surface area (Å²) in [6, 6.07) is 20.8. The first-order valence-electron chi connectivity index (χ1n) is 7.17. The zero-order valence-electron chi connectivity index (χ0n) is 12.6. The predicted octanol–water partition coefficient (Wildman–Crippen LogP) is 5.35. The van der Waals surface area contributed by atoms with E-state index in [-0.39, 0.29) is 5.91 Å². The molecule has 0 radical (unpaired) electrons. The van der Waals surface area contributed by atoms with Gasteiger partial charge in [-0.1, -0.05) is 42.0 Å². The number of nitrogens with one attached hydrogen (secondary N) is 1. The maximum absolute atomic E-state index is 11.0. The number of amides is 1. The second-order valence-electron chi connectivity index (χ2n) is 5.29. The van der Waals surface area contributed by atoms with Crippen molar-refractivity contribution in [3.8, 4) is 20.9 Å². The largest absolute Gasteiger partial charge is 0.326 e. The van der Waals surface area contributed by atoms with E-state index in [0.717, 1.165) is 11.3 Å². The third kappa shape index (κ3) is 3.26. The quantitative estimate of drug-likeness (QED) is 0.694. The van der Waals surface area contributed by atoms with Crippen LogP contribution >= 0.6 is 11.3 Å². The number of benzene rings is 2. The van der Waals surface area contributed by atoms with Crippen LogP contribution in [0.4, 0.5) is 5.69 Å². The molecule has 0 saturated carbocycles. The highest BCUT2D eigenvalue weighted by molar-refractivity contribution is 7.18. The van der Waals surface area contributed by atoms with Gasteiger partial charge in [0.15, 0.2) is 0 Å². The summed E-state index contributed by atoms with van der Waals surface area (Å²) in [6.45, 7) is 3.61. The average Bonchev–Trinajstić information content (AvgIpc) is 2.98. The Labute approximate surface area is 134 Å². The normalized spacial score (nSPS) is 10.5. The fourth-order valence-corrected chi connectivity index (χ4v) is 3.30. The van der Waals surface area contributed by atoms with E-state index in [1.54, 1.807) is 11.3 Å². The minimum atomic E-state index is -0.0504. The van der Waals surface area contributed by atoms with Crippen LogP contribution in [0.25, 0.3) is 20.9 Å². The molecule has 1 aromatic heterocycles. The highest BCUT2D eigenvalue weighted by Gasteiger charge is 2.05. The molecule has 2 aromatic carbocycles. The SMILES string of the molecule is CC(=O)Nc1ccc(-c2ccc(-c3ccc(C)cc3)s2)cc1. The van der Waals surface area contributed by atoms with Crippen LogP contribution in [0.15, 0.2) is 60.7 Å². The summed E-state index contributed by atoms with van der Waals surface area (Å²) in [4.78, 5) is 13.5. The molecule has 3 heteroatoms. The van der Waals surface area contributed by atoms with Gasteiger partial charge in [0.2, 0.25) is 5.91 Å². The van der Waals surface area contributed by atoms with Gasteiger partial charge in [0.25, 0.3) is 0 Å². The van der Waals surface area contributed by atoms with Crippen LogP contribution in [0.5, 0.6) is 0 Å². The summed E-state index contributed by atoms with van der Waals surface area (Å²) in [5.41, 5.74) is 4.51. The van der Waals surface area contributed by atoms with E-state index >= 15 is 0 Å². The summed E-state index contributed by atoms with van der Waals surface area (Å²) in [5.74, 6) is -0.0504. The Bertz CT molecular complexity index is 785. The number of anilines is 1. The van der Waals surface area contributed by atoms with Crippen LogP contribution < -0.4 is 5.32 Å². The molecule has 1 amide bonds. The van der Waals surface area contributed by atoms with Crippen molar-refractivity contribution in [2.75, 3.05) is 5.32 Å². The fourth-order valence-electron chi connectivity index (χ4n) is 2.29. The summed E-state index contributed by atoms with van der Waals surface area (Å²) >= 11 is 1.78. The van der Waals surface area contributed by atoms with Gasteiger partial charge in [-0.15, -0.1) is 11.3 Å². The van der Waals surface area contributed by atoms with Crippen molar-refractivity contribution < 1.29 is 4.79 Å². The molecule has 3 aromatic rings. The van der Waals surface area contributed by atoms with Crippen molar-refractivity contribution in [3.63, 3.8) is 0 Å². The Kier molecular flexibility index (Phi) is 4.07. The lowest BCUT2D eigenvalue weighted by Crippen LogP contribution is -2.05. The Hall–Kier alpha value is -2.39. The van der Waals surface area contributed by atoms with Gasteiger partial charge in [0.1, 0.15) is 0 Å². The fraction of sp³-hybridized carbons (Fsp3) is 0.105. The first kappa shape index (κ1) is 14.5. The highest BCUT2D eigenvalue weighted by Crippen LogP contribution is 2.34. The van der Waals surface area contributed by atoms with Crippen molar-refractivity contribution in [1.29, 1.82) is 0 Å². The molecular weight excluding hydrogens is 290 g/mol. The molecule has 1 heterocycles. The van der Waals surface area contributed by atoms with Crippen LogP contribution in [0.2, 0.25) is 0 Å². The summed E-state index contributed by atoms with van der Waals surface area (Å²) < 4.78 is 0. The third-order valence-corrected chi connectivity index (χ3v) is 4.62. The number of carbonyl (C=O) groups excluding carboxylic acids is 1. The number of aryl methyl sites for hydroxylation is 1. The monoisotopic (exact) mass is 307 g/mol. The van der Waals surface area contributed by atoms with E-state index < -0.39 is 0 Å². The number of hydrogen-bond donors (Lipinski definition) is 1. The van der Waals surface area contributed by atoms with E-state index in [2.05, 4.69) is 48.6 Å². The van der Waals surface area contributed by atoms with Crippen LogP contribution in [0, 0.1) is 6.92 Å². The third-order valence-electron chi connectivity index (χ3n) is 3.43. The molecule has 3 rings (SSSR count). The van der Waals surface area contributed by atoms with Gasteiger partial charge in [0.05, 0.1) is 0 Å². The first-order chi connectivity index (χ1) is 10.6. The van der Waals surface area contributed by atoms with Gasteiger partial charge in [-0.3, -0.25) is 4.79 Å². The molecule has 0 saturated heterocycles. The second kappa shape index (κ2) is 6.16. The Balaban J connectivity index is 1.84. The summed E-state index contributed by atoms with van der Waals surface area (Å²) in [7, 11) is 0. The van der Waals surface area contributed by atoms with E-state index in [4.69, 9.17) is 0 Å². The lowest BCUT2D eigenvalue weighted by atomic mass is 10.1. The van der Waals surface area contributed by atoms with Gasteiger partial charge in [-0.2, -0.15) is 0 Å². The average molecular weight is 307 g/mol. The molecule has 0 bridgehead atoms. The molecule has 0 aliphatic carbocycles.